The molecule has 84 valence electrons. The minimum Gasteiger partial charge on any atom is -0.496 e. The van der Waals surface area contributed by atoms with Crippen molar-refractivity contribution in [1.29, 1.82) is 0 Å². The third kappa shape index (κ3) is 1.67. The summed E-state index contributed by atoms with van der Waals surface area (Å²) < 4.78 is 11.0. The monoisotopic (exact) mass is 283 g/mol. The highest BCUT2D eigenvalue weighted by molar-refractivity contribution is 9.10. The molecule has 0 saturated carbocycles. The first-order valence-corrected chi connectivity index (χ1v) is 5.40. The third-order valence-corrected chi connectivity index (χ3v) is 3.11. The summed E-state index contributed by atoms with van der Waals surface area (Å²) in [6, 6.07) is 5.07. The van der Waals surface area contributed by atoms with Gasteiger partial charge in [-0.05, 0) is 28.1 Å². The minimum atomic E-state index is -0.210. The number of hydrogen-bond donors (Lipinski definition) is 1. The molecule has 1 aromatic heterocycles. The quantitative estimate of drug-likeness (QED) is 0.920. The van der Waals surface area contributed by atoms with Crippen molar-refractivity contribution in [2.45, 2.75) is 0 Å². The molecule has 0 bridgehead atoms. The summed E-state index contributed by atoms with van der Waals surface area (Å²) in [6.07, 6.45) is 0. The summed E-state index contributed by atoms with van der Waals surface area (Å²) in [5.74, 6) is 1.21. The van der Waals surface area contributed by atoms with Gasteiger partial charge in [-0.25, -0.2) is 0 Å². The average molecular weight is 284 g/mol. The lowest BCUT2D eigenvalue weighted by Gasteiger charge is -2.09. The van der Waals surface area contributed by atoms with E-state index in [1.54, 1.807) is 7.11 Å². The molecule has 1 aromatic carbocycles. The van der Waals surface area contributed by atoms with Crippen LogP contribution in [0.2, 0.25) is 0 Å². The second-order valence-electron chi connectivity index (χ2n) is 3.21. The summed E-state index contributed by atoms with van der Waals surface area (Å²) in [5, 5.41) is 0.828. The zero-order chi connectivity index (χ0) is 11.7. The van der Waals surface area contributed by atoms with Crippen LogP contribution in [0.5, 0.6) is 11.5 Å². The van der Waals surface area contributed by atoms with Gasteiger partial charge in [-0.3, -0.25) is 4.79 Å². The van der Waals surface area contributed by atoms with Gasteiger partial charge in [0.1, 0.15) is 11.5 Å². The van der Waals surface area contributed by atoms with E-state index in [9.17, 15) is 4.79 Å². The number of pyridine rings is 1. The summed E-state index contributed by atoms with van der Waals surface area (Å²) in [6.45, 7) is 0. The Morgan fingerprint density at radius 3 is 2.50 bits per heavy atom. The molecule has 4 nitrogen and oxygen atoms in total. The van der Waals surface area contributed by atoms with Crippen LogP contribution in [0.25, 0.3) is 10.9 Å². The van der Waals surface area contributed by atoms with E-state index in [-0.39, 0.29) is 5.56 Å². The zero-order valence-electron chi connectivity index (χ0n) is 8.83. The molecule has 2 rings (SSSR count). The number of aromatic nitrogens is 1. The molecule has 5 heteroatoms. The van der Waals surface area contributed by atoms with Gasteiger partial charge in [0, 0.05) is 11.5 Å². The Labute approximate surface area is 100 Å². The van der Waals surface area contributed by atoms with Gasteiger partial charge in [0.15, 0.2) is 0 Å². The smallest absolute Gasteiger partial charge is 0.252 e. The van der Waals surface area contributed by atoms with Gasteiger partial charge >= 0.3 is 0 Å². The molecule has 2 aromatic rings. The fraction of sp³-hybridized carbons (Fsp3) is 0.182. The predicted molar refractivity (Wildman–Crippen MR) is 65.4 cm³/mol. The summed E-state index contributed by atoms with van der Waals surface area (Å²) >= 11 is 3.39. The van der Waals surface area contributed by atoms with Gasteiger partial charge in [0.05, 0.1) is 24.2 Å². The lowest BCUT2D eigenvalue weighted by molar-refractivity contribution is 0.411. The number of H-pyrrole nitrogens is 1. The molecule has 0 spiro atoms. The van der Waals surface area contributed by atoms with E-state index in [1.165, 1.54) is 13.2 Å². The van der Waals surface area contributed by atoms with E-state index in [4.69, 9.17) is 9.47 Å². The average Bonchev–Trinajstić information content (AvgIpc) is 2.29. The van der Waals surface area contributed by atoms with Crippen molar-refractivity contribution in [3.05, 3.63) is 33.0 Å². The highest BCUT2D eigenvalue weighted by Gasteiger charge is 2.10. The first kappa shape index (κ1) is 11.0. The lowest BCUT2D eigenvalue weighted by Crippen LogP contribution is -2.05. The molecule has 0 radical (unpaired) electrons. The van der Waals surface area contributed by atoms with Crippen LogP contribution in [0.1, 0.15) is 0 Å². The number of aromatic amines is 1. The highest BCUT2D eigenvalue weighted by Crippen LogP contribution is 2.34. The Morgan fingerprint density at radius 1 is 1.19 bits per heavy atom. The molecule has 0 aliphatic carbocycles. The Balaban J connectivity index is 2.88. The number of nitrogens with one attached hydrogen (secondary N) is 1. The Morgan fingerprint density at radius 2 is 1.88 bits per heavy atom. The molecule has 16 heavy (non-hydrogen) atoms. The van der Waals surface area contributed by atoms with Crippen LogP contribution in [-0.4, -0.2) is 19.2 Å². The third-order valence-electron chi connectivity index (χ3n) is 2.32. The Hall–Kier alpha value is -1.49. The van der Waals surface area contributed by atoms with Gasteiger partial charge in [-0.2, -0.15) is 0 Å². The molecular formula is C11H10BrNO3. The maximum atomic E-state index is 11.4. The number of methoxy groups -OCH3 is 2. The van der Waals surface area contributed by atoms with Gasteiger partial charge in [0.25, 0.3) is 5.56 Å². The molecule has 0 amide bonds. The fourth-order valence-electron chi connectivity index (χ4n) is 1.57. The molecule has 0 saturated heterocycles. The van der Waals surface area contributed by atoms with Crippen LogP contribution in [0, 0.1) is 0 Å². The second kappa shape index (κ2) is 4.17. The molecule has 1 heterocycles. The molecule has 0 aliphatic heterocycles. The van der Waals surface area contributed by atoms with Crippen molar-refractivity contribution in [3.8, 4) is 11.5 Å². The number of fused-ring (bicyclic) bond motifs is 1. The fourth-order valence-corrected chi connectivity index (χ4v) is 2.17. The van der Waals surface area contributed by atoms with Crippen molar-refractivity contribution < 1.29 is 9.47 Å². The van der Waals surface area contributed by atoms with Gasteiger partial charge in [-0.1, -0.05) is 0 Å². The van der Waals surface area contributed by atoms with E-state index < -0.39 is 0 Å². The largest absolute Gasteiger partial charge is 0.496 e. The van der Waals surface area contributed by atoms with Crippen LogP contribution in [0.3, 0.4) is 0 Å². The molecule has 0 fully saturated rings. The Kier molecular flexibility index (Phi) is 2.87. The number of halogens is 1. The van der Waals surface area contributed by atoms with E-state index >= 15 is 0 Å². The normalized spacial score (nSPS) is 10.4. The second-order valence-corrected chi connectivity index (χ2v) is 4.00. The van der Waals surface area contributed by atoms with Crippen LogP contribution in [0.15, 0.2) is 27.5 Å². The molecule has 0 unspecified atom stereocenters. The van der Waals surface area contributed by atoms with Crippen LogP contribution >= 0.6 is 15.9 Å². The summed E-state index contributed by atoms with van der Waals surface area (Å²) in [5.41, 5.74) is 0.460. The van der Waals surface area contributed by atoms with E-state index in [1.807, 2.05) is 12.1 Å². The van der Waals surface area contributed by atoms with E-state index in [2.05, 4.69) is 20.9 Å². The molecule has 1 N–H and O–H groups in total. The lowest BCUT2D eigenvalue weighted by atomic mass is 10.2. The number of ether oxygens (including phenoxy) is 2. The van der Waals surface area contributed by atoms with Gasteiger partial charge < -0.3 is 14.5 Å². The van der Waals surface area contributed by atoms with Gasteiger partial charge in [-0.15, -0.1) is 0 Å². The van der Waals surface area contributed by atoms with Crippen molar-refractivity contribution in [1.82, 2.24) is 4.98 Å². The van der Waals surface area contributed by atoms with Crippen LogP contribution in [-0.2, 0) is 0 Å². The molecular weight excluding hydrogens is 274 g/mol. The van der Waals surface area contributed by atoms with Crippen LogP contribution < -0.4 is 15.0 Å². The first-order chi connectivity index (χ1) is 7.67. The van der Waals surface area contributed by atoms with Gasteiger partial charge in [0.2, 0.25) is 0 Å². The summed E-state index contributed by atoms with van der Waals surface area (Å²) in [7, 11) is 3.11. The molecule has 0 aliphatic rings. The maximum absolute atomic E-state index is 11.4. The molecule has 0 atom stereocenters. The standard InChI is InChI=1S/C11H10BrNO3/c1-15-7-4-3-6-8(16-2)5-9(14)13-11(6)10(7)12/h3-5H,1-2H3,(H,13,14). The maximum Gasteiger partial charge on any atom is 0.252 e. The minimum absolute atomic E-state index is 0.210. The van der Waals surface area contributed by atoms with E-state index in [0.717, 1.165) is 5.39 Å². The van der Waals surface area contributed by atoms with Crippen molar-refractivity contribution in [3.63, 3.8) is 0 Å². The SMILES string of the molecule is COc1ccc2c(OC)cc(=O)[nH]c2c1Br. The summed E-state index contributed by atoms with van der Waals surface area (Å²) in [4.78, 5) is 14.2. The number of rotatable bonds is 2. The predicted octanol–water partition coefficient (Wildman–Crippen LogP) is 2.31. The van der Waals surface area contributed by atoms with E-state index in [0.29, 0.717) is 21.5 Å². The van der Waals surface area contributed by atoms with Crippen molar-refractivity contribution in [2.24, 2.45) is 0 Å². The number of hydrogen-bond acceptors (Lipinski definition) is 3. The highest BCUT2D eigenvalue weighted by atomic mass is 79.9. The number of benzene rings is 1. The van der Waals surface area contributed by atoms with Crippen molar-refractivity contribution in [2.75, 3.05) is 14.2 Å². The van der Waals surface area contributed by atoms with Crippen molar-refractivity contribution >= 4 is 26.8 Å². The zero-order valence-corrected chi connectivity index (χ0v) is 10.4. The topological polar surface area (TPSA) is 51.3 Å². The Bertz CT molecular complexity index is 592. The van der Waals surface area contributed by atoms with Crippen LogP contribution in [0.4, 0.5) is 0 Å². The first-order valence-electron chi connectivity index (χ1n) is 4.61.